The van der Waals surface area contributed by atoms with Gasteiger partial charge in [-0.05, 0) is 34.4 Å². The van der Waals surface area contributed by atoms with Crippen LogP contribution in [0.1, 0.15) is 22.7 Å². The third kappa shape index (κ3) is 3.52. The normalized spacial score (nSPS) is 14.5. The van der Waals surface area contributed by atoms with E-state index in [0.29, 0.717) is 19.7 Å². The van der Waals surface area contributed by atoms with Gasteiger partial charge >= 0.3 is 6.09 Å². The maximum atomic E-state index is 13.3. The zero-order valence-electron chi connectivity index (χ0n) is 19.1. The van der Waals surface area contributed by atoms with Gasteiger partial charge in [0.1, 0.15) is 6.61 Å². The largest absolute Gasteiger partial charge is 0.448 e. The van der Waals surface area contributed by atoms with Crippen LogP contribution in [0.25, 0.3) is 11.1 Å². The summed E-state index contributed by atoms with van der Waals surface area (Å²) in [5.74, 6) is 0.0528. The van der Waals surface area contributed by atoms with Gasteiger partial charge in [-0.1, -0.05) is 60.7 Å². The molecule has 1 aromatic heterocycles. The second kappa shape index (κ2) is 8.37. The molecule has 0 spiro atoms. The lowest BCUT2D eigenvalue weighted by molar-refractivity contribution is 0.150. The molecule has 0 saturated carbocycles. The van der Waals surface area contributed by atoms with E-state index < -0.39 is 0 Å². The number of para-hydroxylation sites is 2. The molecule has 2 heterocycles. The van der Waals surface area contributed by atoms with Crippen LogP contribution in [-0.4, -0.2) is 35.3 Å². The van der Waals surface area contributed by atoms with E-state index in [2.05, 4.69) is 64.5 Å². The molecule has 1 aliphatic heterocycles. The second-order valence-electron chi connectivity index (χ2n) is 8.90. The monoisotopic (exact) mass is 450 g/mol. The first-order chi connectivity index (χ1) is 16.7. The number of hydrogen-bond donors (Lipinski definition) is 0. The van der Waals surface area contributed by atoms with Crippen LogP contribution in [0.2, 0.25) is 0 Å². The third-order valence-electron chi connectivity index (χ3n) is 6.77. The van der Waals surface area contributed by atoms with E-state index in [1.54, 1.807) is 4.90 Å². The SMILES string of the molecule is Cn1cnc(CN2CCN(C(=O)OCC3c4ccccc4-c4ccccc43)c3ccccc32)c1. The Morgan fingerprint density at radius 1 is 0.912 bits per heavy atom. The fourth-order valence-corrected chi connectivity index (χ4v) is 5.19. The van der Waals surface area contributed by atoms with Crippen molar-refractivity contribution in [2.45, 2.75) is 12.5 Å². The van der Waals surface area contributed by atoms with Gasteiger partial charge in [-0.25, -0.2) is 9.78 Å². The fraction of sp³-hybridized carbons (Fsp3) is 0.214. The number of rotatable bonds is 4. The number of amides is 1. The van der Waals surface area contributed by atoms with Crippen molar-refractivity contribution < 1.29 is 9.53 Å². The summed E-state index contributed by atoms with van der Waals surface area (Å²) in [6, 6.07) is 24.8. The summed E-state index contributed by atoms with van der Waals surface area (Å²) < 4.78 is 7.90. The van der Waals surface area contributed by atoms with Gasteiger partial charge < -0.3 is 14.2 Å². The summed E-state index contributed by atoms with van der Waals surface area (Å²) in [6.07, 6.45) is 3.54. The minimum absolute atomic E-state index is 0.0528. The Hall–Kier alpha value is -4.06. The molecule has 2 aliphatic rings. The van der Waals surface area contributed by atoms with E-state index in [9.17, 15) is 4.79 Å². The highest BCUT2D eigenvalue weighted by atomic mass is 16.6. The Bertz CT molecular complexity index is 1320. The zero-order valence-corrected chi connectivity index (χ0v) is 19.1. The molecule has 0 fully saturated rings. The number of fused-ring (bicyclic) bond motifs is 4. The number of nitrogens with zero attached hydrogens (tertiary/aromatic N) is 4. The van der Waals surface area contributed by atoms with Gasteiger partial charge in [-0.15, -0.1) is 0 Å². The summed E-state index contributed by atoms with van der Waals surface area (Å²) in [4.78, 5) is 21.8. The lowest BCUT2D eigenvalue weighted by Gasteiger charge is -2.37. The Morgan fingerprint density at radius 2 is 1.56 bits per heavy atom. The van der Waals surface area contributed by atoms with Crippen molar-refractivity contribution in [3.8, 4) is 11.1 Å². The first-order valence-corrected chi connectivity index (χ1v) is 11.6. The zero-order chi connectivity index (χ0) is 23.1. The van der Waals surface area contributed by atoms with Crippen molar-refractivity contribution in [2.24, 2.45) is 7.05 Å². The predicted molar refractivity (Wildman–Crippen MR) is 133 cm³/mol. The third-order valence-corrected chi connectivity index (χ3v) is 6.77. The quantitative estimate of drug-likeness (QED) is 0.429. The molecule has 0 atom stereocenters. The fourth-order valence-electron chi connectivity index (χ4n) is 5.19. The van der Waals surface area contributed by atoms with Crippen LogP contribution in [0, 0.1) is 0 Å². The number of imidazole rings is 1. The average Bonchev–Trinajstić information content (AvgIpc) is 3.43. The number of ether oxygens (including phenoxy) is 1. The number of benzene rings is 3. The Balaban J connectivity index is 1.21. The molecule has 1 aliphatic carbocycles. The van der Waals surface area contributed by atoms with Gasteiger partial charge in [-0.2, -0.15) is 0 Å². The summed E-state index contributed by atoms with van der Waals surface area (Å²) >= 11 is 0. The van der Waals surface area contributed by atoms with E-state index in [0.717, 1.165) is 23.6 Å². The Labute approximate surface area is 199 Å². The summed E-state index contributed by atoms with van der Waals surface area (Å²) in [5.41, 5.74) is 7.80. The maximum absolute atomic E-state index is 13.3. The molecule has 170 valence electrons. The summed E-state index contributed by atoms with van der Waals surface area (Å²) in [6.45, 7) is 2.32. The van der Waals surface area contributed by atoms with Crippen LogP contribution in [0.5, 0.6) is 0 Å². The molecule has 0 unspecified atom stereocenters. The standard InChI is InChI=1S/C28H26N4O2/c1-30-16-20(29-19-30)17-31-14-15-32(27-13-7-6-12-26(27)31)28(33)34-18-25-23-10-4-2-8-21(23)22-9-3-5-11-24(22)25/h2-13,16,19,25H,14-15,17-18H2,1H3. The van der Waals surface area contributed by atoms with Crippen LogP contribution in [-0.2, 0) is 18.3 Å². The van der Waals surface area contributed by atoms with E-state index in [-0.39, 0.29) is 12.0 Å². The molecule has 0 radical (unpaired) electrons. The van der Waals surface area contributed by atoms with Gasteiger partial charge in [0.25, 0.3) is 0 Å². The minimum Gasteiger partial charge on any atom is -0.448 e. The predicted octanol–water partition coefficient (Wildman–Crippen LogP) is 5.20. The molecule has 0 bridgehead atoms. The highest BCUT2D eigenvalue weighted by Crippen LogP contribution is 2.44. The molecule has 1 amide bonds. The second-order valence-corrected chi connectivity index (χ2v) is 8.90. The van der Waals surface area contributed by atoms with E-state index in [1.165, 1.54) is 22.3 Å². The molecule has 6 rings (SSSR count). The van der Waals surface area contributed by atoms with Crippen LogP contribution in [0.4, 0.5) is 16.2 Å². The van der Waals surface area contributed by atoms with Crippen molar-refractivity contribution in [3.63, 3.8) is 0 Å². The molecule has 0 N–H and O–H groups in total. The van der Waals surface area contributed by atoms with Crippen molar-refractivity contribution >= 4 is 17.5 Å². The summed E-state index contributed by atoms with van der Waals surface area (Å²) in [5, 5.41) is 0. The molecular formula is C28H26N4O2. The first kappa shape index (κ1) is 20.5. The van der Waals surface area contributed by atoms with Gasteiger partial charge in [0, 0.05) is 32.3 Å². The van der Waals surface area contributed by atoms with Crippen molar-refractivity contribution in [1.29, 1.82) is 0 Å². The van der Waals surface area contributed by atoms with Crippen LogP contribution in [0.3, 0.4) is 0 Å². The van der Waals surface area contributed by atoms with Gasteiger partial charge in [0.15, 0.2) is 0 Å². The number of carbonyl (C=O) groups is 1. The van der Waals surface area contributed by atoms with Crippen molar-refractivity contribution in [2.75, 3.05) is 29.5 Å². The van der Waals surface area contributed by atoms with E-state index >= 15 is 0 Å². The molecule has 0 saturated heterocycles. The van der Waals surface area contributed by atoms with E-state index in [4.69, 9.17) is 4.74 Å². The van der Waals surface area contributed by atoms with Gasteiger partial charge in [0.2, 0.25) is 0 Å². The maximum Gasteiger partial charge on any atom is 0.414 e. The lowest BCUT2D eigenvalue weighted by Crippen LogP contribution is -2.44. The Kier molecular flexibility index (Phi) is 5.06. The smallest absolute Gasteiger partial charge is 0.414 e. The minimum atomic E-state index is -0.299. The molecular weight excluding hydrogens is 424 g/mol. The highest BCUT2D eigenvalue weighted by molar-refractivity contribution is 5.93. The Morgan fingerprint density at radius 3 is 2.24 bits per heavy atom. The van der Waals surface area contributed by atoms with Crippen LogP contribution in [0.15, 0.2) is 85.3 Å². The van der Waals surface area contributed by atoms with Crippen LogP contribution < -0.4 is 9.80 Å². The molecule has 34 heavy (non-hydrogen) atoms. The van der Waals surface area contributed by atoms with E-state index in [1.807, 2.05) is 42.3 Å². The lowest BCUT2D eigenvalue weighted by atomic mass is 9.98. The average molecular weight is 451 g/mol. The topological polar surface area (TPSA) is 50.6 Å². The molecule has 6 heteroatoms. The summed E-state index contributed by atoms with van der Waals surface area (Å²) in [7, 11) is 1.97. The molecule has 6 nitrogen and oxygen atoms in total. The highest BCUT2D eigenvalue weighted by Gasteiger charge is 2.32. The molecule has 4 aromatic rings. The number of carbonyl (C=O) groups excluding carboxylic acids is 1. The first-order valence-electron chi connectivity index (χ1n) is 11.6. The van der Waals surface area contributed by atoms with Gasteiger partial charge in [0.05, 0.1) is 29.9 Å². The number of anilines is 2. The molecule has 3 aromatic carbocycles. The number of aryl methyl sites for hydroxylation is 1. The van der Waals surface area contributed by atoms with Gasteiger partial charge in [-0.3, -0.25) is 4.90 Å². The van der Waals surface area contributed by atoms with Crippen molar-refractivity contribution in [3.05, 3.63) is 102 Å². The number of aromatic nitrogens is 2. The van der Waals surface area contributed by atoms with Crippen LogP contribution >= 0.6 is 0 Å². The van der Waals surface area contributed by atoms with Crippen molar-refractivity contribution in [1.82, 2.24) is 9.55 Å². The number of hydrogen-bond acceptors (Lipinski definition) is 4.